The van der Waals surface area contributed by atoms with E-state index < -0.39 is 45.8 Å². The number of rotatable bonds is 12. The van der Waals surface area contributed by atoms with E-state index in [-0.39, 0.29) is 13.0 Å². The highest BCUT2D eigenvalue weighted by Gasteiger charge is 2.24. The van der Waals surface area contributed by atoms with Crippen molar-refractivity contribution in [3.63, 3.8) is 0 Å². The highest BCUT2D eigenvalue weighted by Crippen LogP contribution is 2.43. The van der Waals surface area contributed by atoms with Crippen molar-refractivity contribution in [2.75, 3.05) is 26.4 Å². The summed E-state index contributed by atoms with van der Waals surface area (Å²) in [5.74, 6) is -0.467. The summed E-state index contributed by atoms with van der Waals surface area (Å²) in [6.45, 7) is -0.239. The lowest BCUT2D eigenvalue weighted by Gasteiger charge is -2.16. The molecule has 0 rings (SSSR count). The second kappa shape index (κ2) is 11.1. The lowest BCUT2D eigenvalue weighted by atomic mass is 10.2. The largest absolute Gasteiger partial charge is 0.472 e. The molecule has 1 unspecified atom stereocenters. The van der Waals surface area contributed by atoms with E-state index in [0.29, 0.717) is 6.42 Å². The fraction of sp³-hybridized carbons (Fsp3) is 0.909. The molecule has 0 saturated heterocycles. The quantitative estimate of drug-likeness (QED) is 0.277. The van der Waals surface area contributed by atoms with Crippen LogP contribution in [0.2, 0.25) is 0 Å². The van der Waals surface area contributed by atoms with Gasteiger partial charge < -0.3 is 24.9 Å². The molecule has 3 atom stereocenters. The number of aliphatic hydroxyl groups excluding tert-OH is 3. The van der Waals surface area contributed by atoms with Crippen LogP contribution in [0.3, 0.4) is 0 Å². The van der Waals surface area contributed by atoms with Crippen molar-refractivity contribution in [2.24, 2.45) is 0 Å². The highest BCUT2D eigenvalue weighted by atomic mass is 31.2. The van der Waals surface area contributed by atoms with Gasteiger partial charge in [-0.25, -0.2) is 4.57 Å². The van der Waals surface area contributed by atoms with Gasteiger partial charge in [-0.2, -0.15) is 0 Å². The molecule has 0 spiro atoms. The molecule has 0 aromatic rings. The molecular weight excluding hydrogens is 307 g/mol. The van der Waals surface area contributed by atoms with Crippen LogP contribution < -0.4 is 0 Å². The molecule has 0 aliphatic heterocycles. The molecule has 0 heterocycles. The van der Waals surface area contributed by atoms with E-state index in [1.54, 1.807) is 0 Å². The van der Waals surface area contributed by atoms with Gasteiger partial charge in [0.1, 0.15) is 18.8 Å². The first kappa shape index (κ1) is 20.5. The van der Waals surface area contributed by atoms with Crippen LogP contribution in [0.25, 0.3) is 0 Å². The van der Waals surface area contributed by atoms with Crippen LogP contribution in [0.15, 0.2) is 0 Å². The summed E-state index contributed by atoms with van der Waals surface area (Å²) in [6.07, 6.45) is -0.824. The number of aliphatic hydroxyl groups is 3. The standard InChI is InChI=1S/C11H23O9P/c1-2-3-4-11(15)18-6-10(14)8-20-21(16,17)19-7-9(13)5-12/h9-10,12-14H,2-8H2,1H3,(H,16,17)/t9-,10+/m0/s1. The van der Waals surface area contributed by atoms with Gasteiger partial charge in [0.25, 0.3) is 0 Å². The Labute approximate surface area is 123 Å². The molecule has 0 aromatic carbocycles. The van der Waals surface area contributed by atoms with Gasteiger partial charge in [0, 0.05) is 6.42 Å². The number of esters is 1. The first-order valence-corrected chi connectivity index (χ1v) is 8.04. The van der Waals surface area contributed by atoms with Crippen LogP contribution in [-0.2, 0) is 23.1 Å². The van der Waals surface area contributed by atoms with E-state index in [4.69, 9.17) is 14.9 Å². The molecule has 0 bridgehead atoms. The Morgan fingerprint density at radius 3 is 2.24 bits per heavy atom. The highest BCUT2D eigenvalue weighted by molar-refractivity contribution is 7.47. The maximum Gasteiger partial charge on any atom is 0.472 e. The van der Waals surface area contributed by atoms with E-state index in [0.717, 1.165) is 6.42 Å². The van der Waals surface area contributed by atoms with Gasteiger partial charge in [0.15, 0.2) is 0 Å². The number of phosphoric acid groups is 1. The third-order valence-electron chi connectivity index (χ3n) is 2.24. The van der Waals surface area contributed by atoms with Gasteiger partial charge in [-0.15, -0.1) is 0 Å². The zero-order valence-corrected chi connectivity index (χ0v) is 12.8. The SMILES string of the molecule is CCCCC(=O)OC[C@@H](O)COP(=O)(O)OC[C@@H](O)CO. The Morgan fingerprint density at radius 2 is 1.71 bits per heavy atom. The minimum atomic E-state index is -4.45. The van der Waals surface area contributed by atoms with Crippen LogP contribution in [-0.4, -0.2) is 64.8 Å². The Balaban J connectivity index is 3.87. The normalized spacial score (nSPS) is 17.0. The van der Waals surface area contributed by atoms with Crippen LogP contribution in [0.4, 0.5) is 0 Å². The van der Waals surface area contributed by atoms with Gasteiger partial charge >= 0.3 is 13.8 Å². The molecule has 0 aliphatic rings. The summed E-state index contributed by atoms with van der Waals surface area (Å²) in [7, 11) is -4.45. The monoisotopic (exact) mass is 330 g/mol. The number of carbonyl (C=O) groups excluding carboxylic acids is 1. The van der Waals surface area contributed by atoms with Crippen molar-refractivity contribution in [2.45, 2.75) is 38.4 Å². The number of hydrogen-bond acceptors (Lipinski definition) is 8. The summed E-state index contributed by atoms with van der Waals surface area (Å²) in [5.41, 5.74) is 0. The third kappa shape index (κ3) is 11.8. The van der Waals surface area contributed by atoms with E-state index in [2.05, 4.69) is 9.05 Å². The summed E-state index contributed by atoms with van der Waals surface area (Å²) < 4.78 is 24.9. The third-order valence-corrected chi connectivity index (χ3v) is 3.19. The van der Waals surface area contributed by atoms with Crippen LogP contribution in [0, 0.1) is 0 Å². The van der Waals surface area contributed by atoms with Gasteiger partial charge in [0.2, 0.25) is 0 Å². The van der Waals surface area contributed by atoms with Crippen molar-refractivity contribution in [1.82, 2.24) is 0 Å². The number of unbranched alkanes of at least 4 members (excludes halogenated alkanes) is 1. The second-order valence-electron chi connectivity index (χ2n) is 4.34. The van der Waals surface area contributed by atoms with E-state index in [9.17, 15) is 19.4 Å². The van der Waals surface area contributed by atoms with Gasteiger partial charge in [-0.1, -0.05) is 13.3 Å². The average molecular weight is 330 g/mol. The molecule has 0 saturated carbocycles. The minimum absolute atomic E-state index is 0.241. The Kier molecular flexibility index (Phi) is 10.8. The van der Waals surface area contributed by atoms with E-state index in [1.807, 2.05) is 6.92 Å². The Bertz CT molecular complexity index is 336. The summed E-state index contributed by atoms with van der Waals surface area (Å²) in [4.78, 5) is 20.4. The fourth-order valence-electron chi connectivity index (χ4n) is 1.08. The van der Waals surface area contributed by atoms with Gasteiger partial charge in [0.05, 0.1) is 19.8 Å². The van der Waals surface area contributed by atoms with Crippen LogP contribution in [0.1, 0.15) is 26.2 Å². The Morgan fingerprint density at radius 1 is 1.14 bits per heavy atom. The molecule has 21 heavy (non-hydrogen) atoms. The first-order chi connectivity index (χ1) is 9.80. The first-order valence-electron chi connectivity index (χ1n) is 6.55. The predicted octanol–water partition coefficient (Wildman–Crippen LogP) is -0.433. The predicted molar refractivity (Wildman–Crippen MR) is 71.3 cm³/mol. The maximum atomic E-state index is 11.3. The number of carbonyl (C=O) groups is 1. The zero-order chi connectivity index (χ0) is 16.3. The summed E-state index contributed by atoms with van der Waals surface area (Å²) in [5, 5.41) is 26.9. The topological polar surface area (TPSA) is 143 Å². The maximum absolute atomic E-state index is 11.3. The van der Waals surface area contributed by atoms with Gasteiger partial charge in [-0.3, -0.25) is 13.8 Å². The van der Waals surface area contributed by atoms with Gasteiger partial charge in [-0.05, 0) is 6.42 Å². The fourth-order valence-corrected chi connectivity index (χ4v) is 1.88. The molecule has 0 fully saturated rings. The van der Waals surface area contributed by atoms with Crippen LogP contribution in [0.5, 0.6) is 0 Å². The van der Waals surface area contributed by atoms with Crippen LogP contribution >= 0.6 is 7.82 Å². The lowest BCUT2D eigenvalue weighted by Crippen LogP contribution is -2.24. The Hall–Kier alpha value is -0.540. The average Bonchev–Trinajstić information content (AvgIpc) is 2.46. The van der Waals surface area contributed by atoms with Crippen molar-refractivity contribution >= 4 is 13.8 Å². The molecule has 0 aliphatic carbocycles. The number of hydrogen-bond donors (Lipinski definition) is 4. The molecule has 0 aromatic heterocycles. The number of phosphoric ester groups is 1. The van der Waals surface area contributed by atoms with Crippen molar-refractivity contribution in [3.05, 3.63) is 0 Å². The molecular formula is C11H23O9P. The smallest absolute Gasteiger partial charge is 0.463 e. The molecule has 9 nitrogen and oxygen atoms in total. The molecule has 10 heteroatoms. The molecule has 126 valence electrons. The molecule has 4 N–H and O–H groups in total. The lowest BCUT2D eigenvalue weighted by molar-refractivity contribution is -0.147. The zero-order valence-electron chi connectivity index (χ0n) is 11.9. The summed E-state index contributed by atoms with van der Waals surface area (Å²) in [6, 6.07) is 0. The van der Waals surface area contributed by atoms with Crippen molar-refractivity contribution in [1.29, 1.82) is 0 Å². The second-order valence-corrected chi connectivity index (χ2v) is 5.79. The van der Waals surface area contributed by atoms with Crippen molar-refractivity contribution in [3.8, 4) is 0 Å². The van der Waals surface area contributed by atoms with E-state index >= 15 is 0 Å². The van der Waals surface area contributed by atoms with Crippen molar-refractivity contribution < 1.29 is 43.4 Å². The summed E-state index contributed by atoms with van der Waals surface area (Å²) >= 11 is 0. The molecule has 0 amide bonds. The van der Waals surface area contributed by atoms with E-state index in [1.165, 1.54) is 0 Å². The number of ether oxygens (including phenoxy) is 1. The molecule has 0 radical (unpaired) electrons. The minimum Gasteiger partial charge on any atom is -0.463 e.